The Morgan fingerprint density at radius 2 is 1.08 bits per heavy atom. The fourth-order valence-electron chi connectivity index (χ4n) is 7.04. The number of unbranched alkanes of at least 4 members (excludes halogenated alkanes) is 24. The van der Waals surface area contributed by atoms with E-state index in [1.54, 1.807) is 0 Å². The zero-order valence-electron chi connectivity index (χ0n) is 33.6. The van der Waals surface area contributed by atoms with Crippen molar-refractivity contribution in [3.05, 3.63) is 12.2 Å². The van der Waals surface area contributed by atoms with E-state index in [4.69, 9.17) is 9.47 Å². The van der Waals surface area contributed by atoms with E-state index in [1.807, 2.05) is 0 Å². The number of rotatable bonds is 36. The smallest absolute Gasteiger partial charge is 0.220 e. The van der Waals surface area contributed by atoms with E-state index in [9.17, 15) is 30.3 Å². The van der Waals surface area contributed by atoms with Gasteiger partial charge in [0.05, 0.1) is 25.4 Å². The summed E-state index contributed by atoms with van der Waals surface area (Å²) in [5.74, 6) is -0.153. The molecule has 0 radical (unpaired) electrons. The summed E-state index contributed by atoms with van der Waals surface area (Å²) in [5.41, 5.74) is 0. The molecule has 6 N–H and O–H groups in total. The summed E-state index contributed by atoms with van der Waals surface area (Å²) >= 11 is 0. The Morgan fingerprint density at radius 3 is 1.58 bits per heavy atom. The van der Waals surface area contributed by atoms with Crippen LogP contribution in [0.15, 0.2) is 12.2 Å². The normalized spacial score (nSPS) is 21.9. The molecule has 0 spiro atoms. The molecular weight excluding hydrogens is 658 g/mol. The Hall–Kier alpha value is -1.07. The predicted molar refractivity (Wildman–Crippen MR) is 212 cm³/mol. The minimum absolute atomic E-state index is 0.138. The molecule has 1 rings (SSSR count). The van der Waals surface area contributed by atoms with E-state index in [0.717, 1.165) is 51.4 Å². The molecule has 0 aromatic carbocycles. The van der Waals surface area contributed by atoms with Crippen molar-refractivity contribution in [1.82, 2.24) is 5.32 Å². The number of hydrogen-bond acceptors (Lipinski definition) is 8. The van der Waals surface area contributed by atoms with Crippen molar-refractivity contribution in [2.75, 3.05) is 13.2 Å². The zero-order chi connectivity index (χ0) is 38.1. The number of ether oxygens (including phenoxy) is 2. The van der Waals surface area contributed by atoms with Gasteiger partial charge in [-0.25, -0.2) is 0 Å². The molecule has 1 saturated heterocycles. The number of carbonyl (C=O) groups is 1. The van der Waals surface area contributed by atoms with E-state index < -0.39 is 49.5 Å². The third kappa shape index (κ3) is 25.1. The van der Waals surface area contributed by atoms with Crippen LogP contribution in [-0.4, -0.2) is 87.5 Å². The molecule has 52 heavy (non-hydrogen) atoms. The van der Waals surface area contributed by atoms with Gasteiger partial charge in [0.15, 0.2) is 6.29 Å². The highest BCUT2D eigenvalue weighted by atomic mass is 16.7. The minimum Gasteiger partial charge on any atom is -0.394 e. The standard InChI is InChI=1S/C43H83NO8/c1-3-5-7-9-11-13-15-17-18-19-21-22-24-26-28-30-32-37(46)36(35-51-43-42(50)41(49)40(48)38(34-45)52-43)44-39(47)33-31-29-27-25-23-20-16-14-12-10-8-6-4-2/h14,16,36-38,40-43,45-46,48-50H,3-13,15,17-35H2,1-2H3,(H,44,47)/b16-14-. The molecule has 7 atom stereocenters. The van der Waals surface area contributed by atoms with Crippen LogP contribution in [0.2, 0.25) is 0 Å². The van der Waals surface area contributed by atoms with Crippen molar-refractivity contribution in [2.24, 2.45) is 0 Å². The third-order valence-corrected chi connectivity index (χ3v) is 10.6. The van der Waals surface area contributed by atoms with Gasteiger partial charge in [0.25, 0.3) is 0 Å². The molecule has 0 aliphatic carbocycles. The summed E-state index contributed by atoms with van der Waals surface area (Å²) in [6.45, 7) is 3.81. The van der Waals surface area contributed by atoms with Crippen molar-refractivity contribution in [3.63, 3.8) is 0 Å². The Morgan fingerprint density at radius 1 is 0.635 bits per heavy atom. The first kappa shape index (κ1) is 48.9. The lowest BCUT2D eigenvalue weighted by Gasteiger charge is -2.40. The molecule has 308 valence electrons. The minimum atomic E-state index is -1.55. The second kappa shape index (κ2) is 34.4. The van der Waals surface area contributed by atoms with Crippen LogP contribution < -0.4 is 5.32 Å². The Bertz CT molecular complexity index is 827. The first-order chi connectivity index (χ1) is 25.3. The van der Waals surface area contributed by atoms with Crippen molar-refractivity contribution >= 4 is 5.91 Å². The molecule has 0 bridgehead atoms. The summed E-state index contributed by atoms with van der Waals surface area (Å²) in [7, 11) is 0. The molecule has 1 heterocycles. The van der Waals surface area contributed by atoms with Gasteiger partial charge in [-0.2, -0.15) is 0 Å². The highest BCUT2D eigenvalue weighted by molar-refractivity contribution is 5.76. The number of amides is 1. The molecule has 1 aliphatic heterocycles. The molecule has 0 aromatic rings. The van der Waals surface area contributed by atoms with Gasteiger partial charge >= 0.3 is 0 Å². The summed E-state index contributed by atoms with van der Waals surface area (Å²) in [4.78, 5) is 12.9. The topological polar surface area (TPSA) is 149 Å². The first-order valence-corrected chi connectivity index (χ1v) is 21.9. The average molecular weight is 742 g/mol. The molecule has 9 nitrogen and oxygen atoms in total. The van der Waals surface area contributed by atoms with Gasteiger partial charge in [0.1, 0.15) is 24.4 Å². The molecular formula is C43H83NO8. The molecule has 9 heteroatoms. The maximum absolute atomic E-state index is 12.9. The van der Waals surface area contributed by atoms with Crippen LogP contribution in [0.25, 0.3) is 0 Å². The highest BCUT2D eigenvalue weighted by Gasteiger charge is 2.44. The lowest BCUT2D eigenvalue weighted by Crippen LogP contribution is -2.60. The van der Waals surface area contributed by atoms with Gasteiger partial charge in [-0.15, -0.1) is 0 Å². The van der Waals surface area contributed by atoms with E-state index in [-0.39, 0.29) is 12.5 Å². The summed E-state index contributed by atoms with van der Waals surface area (Å²) in [6.07, 6.45) is 30.7. The summed E-state index contributed by atoms with van der Waals surface area (Å²) < 4.78 is 11.2. The Kier molecular flexibility index (Phi) is 32.4. The van der Waals surface area contributed by atoms with E-state index >= 15 is 0 Å². The van der Waals surface area contributed by atoms with Gasteiger partial charge in [-0.1, -0.05) is 167 Å². The molecule has 7 unspecified atom stereocenters. The number of aliphatic hydroxyl groups excluding tert-OH is 5. The van der Waals surface area contributed by atoms with Crippen LogP contribution in [0.3, 0.4) is 0 Å². The maximum Gasteiger partial charge on any atom is 0.220 e. The van der Waals surface area contributed by atoms with Gasteiger partial charge in [-0.05, 0) is 38.5 Å². The van der Waals surface area contributed by atoms with E-state index in [1.165, 1.54) is 122 Å². The lowest BCUT2D eigenvalue weighted by atomic mass is 9.99. The largest absolute Gasteiger partial charge is 0.394 e. The lowest BCUT2D eigenvalue weighted by molar-refractivity contribution is -0.302. The Labute approximate surface area is 318 Å². The molecule has 1 aliphatic rings. The predicted octanol–water partition coefficient (Wildman–Crippen LogP) is 8.56. The van der Waals surface area contributed by atoms with Gasteiger partial charge in [-0.3, -0.25) is 4.79 Å². The second-order valence-corrected chi connectivity index (χ2v) is 15.5. The van der Waals surface area contributed by atoms with Crippen LogP contribution >= 0.6 is 0 Å². The summed E-state index contributed by atoms with van der Waals surface area (Å²) in [5, 5.41) is 54.2. The van der Waals surface area contributed by atoms with Crippen molar-refractivity contribution < 1.29 is 39.8 Å². The third-order valence-electron chi connectivity index (χ3n) is 10.6. The molecule has 1 fully saturated rings. The zero-order valence-corrected chi connectivity index (χ0v) is 33.6. The molecule has 0 aromatic heterocycles. The quantitative estimate of drug-likeness (QED) is 0.0277. The highest BCUT2D eigenvalue weighted by Crippen LogP contribution is 2.23. The Balaban J connectivity index is 2.36. The first-order valence-electron chi connectivity index (χ1n) is 21.9. The van der Waals surface area contributed by atoms with Crippen molar-refractivity contribution in [2.45, 2.75) is 243 Å². The second-order valence-electron chi connectivity index (χ2n) is 15.5. The fraction of sp³-hybridized carbons (Fsp3) is 0.930. The van der Waals surface area contributed by atoms with Gasteiger partial charge in [0.2, 0.25) is 5.91 Å². The monoisotopic (exact) mass is 742 g/mol. The van der Waals surface area contributed by atoms with Gasteiger partial charge < -0.3 is 40.3 Å². The van der Waals surface area contributed by atoms with Gasteiger partial charge in [0, 0.05) is 6.42 Å². The van der Waals surface area contributed by atoms with Crippen LogP contribution in [0.1, 0.15) is 200 Å². The summed E-state index contributed by atoms with van der Waals surface area (Å²) in [6, 6.07) is -0.718. The average Bonchev–Trinajstić information content (AvgIpc) is 3.14. The maximum atomic E-state index is 12.9. The number of allylic oxidation sites excluding steroid dienone is 2. The van der Waals surface area contributed by atoms with Crippen molar-refractivity contribution in [1.29, 1.82) is 0 Å². The number of hydrogen-bond donors (Lipinski definition) is 6. The number of nitrogens with one attached hydrogen (secondary N) is 1. The number of carbonyl (C=O) groups excluding carboxylic acids is 1. The van der Waals surface area contributed by atoms with Crippen molar-refractivity contribution in [3.8, 4) is 0 Å². The number of aliphatic hydroxyl groups is 5. The van der Waals surface area contributed by atoms with Crippen LogP contribution in [-0.2, 0) is 14.3 Å². The SMILES string of the molecule is CCCCCC/C=C\CCCCCCCC(=O)NC(COC1OC(CO)C(O)C(O)C1O)C(O)CCCCCCCCCCCCCCCCCC. The van der Waals surface area contributed by atoms with E-state index in [0.29, 0.717) is 12.8 Å². The molecule has 0 saturated carbocycles. The fourth-order valence-corrected chi connectivity index (χ4v) is 7.04. The molecule has 1 amide bonds. The van der Waals surface area contributed by atoms with Crippen LogP contribution in [0.4, 0.5) is 0 Å². The van der Waals surface area contributed by atoms with Crippen LogP contribution in [0.5, 0.6) is 0 Å². The van der Waals surface area contributed by atoms with E-state index in [2.05, 4.69) is 31.3 Å². The van der Waals surface area contributed by atoms with Crippen LogP contribution in [0, 0.1) is 0 Å².